The van der Waals surface area contributed by atoms with Crippen LogP contribution >= 0.6 is 0 Å². The van der Waals surface area contributed by atoms with E-state index < -0.39 is 0 Å². The molecule has 0 atom stereocenters. The van der Waals surface area contributed by atoms with Crippen molar-refractivity contribution in [2.24, 2.45) is 5.92 Å². The lowest BCUT2D eigenvalue weighted by atomic mass is 10.0. The molecule has 1 N–H and O–H groups in total. The predicted octanol–water partition coefficient (Wildman–Crippen LogP) is 2.15. The van der Waals surface area contributed by atoms with Crippen LogP contribution in [0.25, 0.3) is 0 Å². The fourth-order valence-corrected chi connectivity index (χ4v) is 3.05. The maximum Gasteiger partial charge on any atom is 0.231 e. The fraction of sp³-hybridized carbons (Fsp3) is 0.588. The SMILES string of the molecule is CC(C)C(=O)N1CCC(NCc2cccc3c2OCO3)CC1. The van der Waals surface area contributed by atoms with E-state index in [1.165, 1.54) is 0 Å². The van der Waals surface area contributed by atoms with Crippen LogP contribution in [-0.2, 0) is 11.3 Å². The molecule has 1 aromatic carbocycles. The molecule has 120 valence electrons. The summed E-state index contributed by atoms with van der Waals surface area (Å²) < 4.78 is 10.9. The zero-order chi connectivity index (χ0) is 15.5. The molecule has 0 bridgehead atoms. The molecule has 0 aromatic heterocycles. The van der Waals surface area contributed by atoms with Crippen LogP contribution in [0.5, 0.6) is 11.5 Å². The Morgan fingerprint density at radius 3 is 2.82 bits per heavy atom. The minimum Gasteiger partial charge on any atom is -0.454 e. The van der Waals surface area contributed by atoms with E-state index in [0.717, 1.165) is 49.5 Å². The third-order valence-corrected chi connectivity index (χ3v) is 4.36. The monoisotopic (exact) mass is 304 g/mol. The molecular weight excluding hydrogens is 280 g/mol. The molecule has 1 aromatic rings. The Morgan fingerprint density at radius 2 is 2.09 bits per heavy atom. The standard InChI is InChI=1S/C17H24N2O3/c1-12(2)17(20)19-8-6-14(7-9-19)18-10-13-4-3-5-15-16(13)22-11-21-15/h3-5,12,14,18H,6-11H2,1-2H3. The van der Waals surface area contributed by atoms with E-state index in [9.17, 15) is 4.79 Å². The summed E-state index contributed by atoms with van der Waals surface area (Å²) >= 11 is 0. The van der Waals surface area contributed by atoms with E-state index in [1.54, 1.807) is 0 Å². The van der Waals surface area contributed by atoms with Crippen LogP contribution in [0.1, 0.15) is 32.3 Å². The number of carbonyl (C=O) groups excluding carboxylic acids is 1. The maximum absolute atomic E-state index is 12.0. The molecule has 1 saturated heterocycles. The van der Waals surface area contributed by atoms with Gasteiger partial charge in [-0.05, 0) is 18.9 Å². The Labute approximate surface area is 131 Å². The van der Waals surface area contributed by atoms with E-state index in [2.05, 4.69) is 11.4 Å². The van der Waals surface area contributed by atoms with E-state index in [-0.39, 0.29) is 11.8 Å². The second-order valence-electron chi connectivity index (χ2n) is 6.29. The van der Waals surface area contributed by atoms with Crippen molar-refractivity contribution in [2.75, 3.05) is 19.9 Å². The highest BCUT2D eigenvalue weighted by Gasteiger charge is 2.24. The number of piperidine rings is 1. The second kappa shape index (κ2) is 6.57. The van der Waals surface area contributed by atoms with Crippen molar-refractivity contribution >= 4 is 5.91 Å². The third kappa shape index (κ3) is 3.19. The maximum atomic E-state index is 12.0. The molecule has 5 heteroatoms. The van der Waals surface area contributed by atoms with E-state index in [0.29, 0.717) is 12.8 Å². The van der Waals surface area contributed by atoms with Gasteiger partial charge in [-0.25, -0.2) is 0 Å². The third-order valence-electron chi connectivity index (χ3n) is 4.36. The van der Waals surface area contributed by atoms with Crippen LogP contribution in [0.3, 0.4) is 0 Å². The molecule has 2 heterocycles. The van der Waals surface area contributed by atoms with Crippen LogP contribution in [-0.4, -0.2) is 36.7 Å². The lowest BCUT2D eigenvalue weighted by Crippen LogP contribution is -2.45. The Balaban J connectivity index is 1.50. The fourth-order valence-electron chi connectivity index (χ4n) is 3.05. The highest BCUT2D eigenvalue weighted by Crippen LogP contribution is 2.35. The van der Waals surface area contributed by atoms with Crippen molar-refractivity contribution < 1.29 is 14.3 Å². The van der Waals surface area contributed by atoms with Gasteiger partial charge in [0.2, 0.25) is 12.7 Å². The van der Waals surface area contributed by atoms with Gasteiger partial charge in [-0.2, -0.15) is 0 Å². The Kier molecular flexibility index (Phi) is 4.52. The van der Waals surface area contributed by atoms with E-state index in [4.69, 9.17) is 9.47 Å². The van der Waals surface area contributed by atoms with Crippen molar-refractivity contribution in [1.82, 2.24) is 10.2 Å². The first-order chi connectivity index (χ1) is 10.6. The molecule has 2 aliphatic rings. The van der Waals surface area contributed by atoms with E-state index >= 15 is 0 Å². The molecule has 0 saturated carbocycles. The normalized spacial score (nSPS) is 18.0. The molecule has 0 spiro atoms. The van der Waals surface area contributed by atoms with Crippen LogP contribution in [0.2, 0.25) is 0 Å². The summed E-state index contributed by atoms with van der Waals surface area (Å²) in [5.74, 6) is 2.05. The number of para-hydroxylation sites is 1. The van der Waals surface area contributed by atoms with Crippen LogP contribution in [0.4, 0.5) is 0 Å². The zero-order valence-electron chi connectivity index (χ0n) is 13.3. The molecule has 0 aliphatic carbocycles. The second-order valence-corrected chi connectivity index (χ2v) is 6.29. The number of ether oxygens (including phenoxy) is 2. The highest BCUT2D eigenvalue weighted by molar-refractivity contribution is 5.78. The number of fused-ring (bicyclic) bond motifs is 1. The molecule has 5 nitrogen and oxygen atoms in total. The minimum atomic E-state index is 0.0913. The van der Waals surface area contributed by atoms with Gasteiger partial charge >= 0.3 is 0 Å². The largest absolute Gasteiger partial charge is 0.454 e. The van der Waals surface area contributed by atoms with Crippen molar-refractivity contribution in [2.45, 2.75) is 39.3 Å². The summed E-state index contributed by atoms with van der Waals surface area (Å²) in [4.78, 5) is 14.0. The average molecular weight is 304 g/mol. The average Bonchev–Trinajstić information content (AvgIpc) is 3.01. The van der Waals surface area contributed by atoms with Gasteiger partial charge < -0.3 is 19.7 Å². The van der Waals surface area contributed by atoms with E-state index in [1.807, 2.05) is 30.9 Å². The summed E-state index contributed by atoms with van der Waals surface area (Å²) in [6.45, 7) is 6.70. The zero-order valence-corrected chi connectivity index (χ0v) is 13.3. The summed E-state index contributed by atoms with van der Waals surface area (Å²) in [5, 5.41) is 3.58. The predicted molar refractivity (Wildman–Crippen MR) is 83.8 cm³/mol. The summed E-state index contributed by atoms with van der Waals surface area (Å²) in [5.41, 5.74) is 1.13. The van der Waals surface area contributed by atoms with Crippen molar-refractivity contribution in [3.63, 3.8) is 0 Å². The first-order valence-corrected chi connectivity index (χ1v) is 8.05. The number of nitrogens with zero attached hydrogens (tertiary/aromatic N) is 1. The minimum absolute atomic E-state index is 0.0913. The number of carbonyl (C=O) groups is 1. The summed E-state index contributed by atoms with van der Waals surface area (Å²) in [6, 6.07) is 6.45. The number of nitrogens with one attached hydrogen (secondary N) is 1. The number of hydrogen-bond donors (Lipinski definition) is 1. The molecule has 0 unspecified atom stereocenters. The number of benzene rings is 1. The molecule has 22 heavy (non-hydrogen) atoms. The lowest BCUT2D eigenvalue weighted by molar-refractivity contribution is -0.135. The van der Waals surface area contributed by atoms with Gasteiger partial charge in [0.15, 0.2) is 11.5 Å². The van der Waals surface area contributed by atoms with Gasteiger partial charge in [-0.1, -0.05) is 26.0 Å². The number of rotatable bonds is 4. The number of likely N-dealkylation sites (tertiary alicyclic amines) is 1. The lowest BCUT2D eigenvalue weighted by Gasteiger charge is -2.33. The molecule has 0 radical (unpaired) electrons. The molecule has 2 aliphatic heterocycles. The summed E-state index contributed by atoms with van der Waals surface area (Å²) in [7, 11) is 0. The Morgan fingerprint density at radius 1 is 1.32 bits per heavy atom. The van der Waals surface area contributed by atoms with Crippen molar-refractivity contribution in [1.29, 1.82) is 0 Å². The first-order valence-electron chi connectivity index (χ1n) is 8.05. The molecular formula is C17H24N2O3. The van der Waals surface area contributed by atoms with Gasteiger partial charge in [-0.15, -0.1) is 0 Å². The summed E-state index contributed by atoms with van der Waals surface area (Å²) in [6.07, 6.45) is 2.01. The Hall–Kier alpha value is -1.75. The smallest absolute Gasteiger partial charge is 0.231 e. The van der Waals surface area contributed by atoms with Crippen LogP contribution < -0.4 is 14.8 Å². The molecule has 1 amide bonds. The molecule has 3 rings (SSSR count). The molecule has 1 fully saturated rings. The quantitative estimate of drug-likeness (QED) is 0.926. The van der Waals surface area contributed by atoms with Crippen LogP contribution in [0.15, 0.2) is 18.2 Å². The highest BCUT2D eigenvalue weighted by atomic mass is 16.7. The number of hydrogen-bond acceptors (Lipinski definition) is 4. The number of amides is 1. The van der Waals surface area contributed by atoms with Gasteiger partial charge in [0.05, 0.1) is 0 Å². The first kappa shape index (κ1) is 15.2. The Bertz CT molecular complexity index is 537. The van der Waals surface area contributed by atoms with Crippen molar-refractivity contribution in [3.8, 4) is 11.5 Å². The van der Waals surface area contributed by atoms with Crippen molar-refractivity contribution in [3.05, 3.63) is 23.8 Å². The van der Waals surface area contributed by atoms with Gasteiger partial charge in [0, 0.05) is 37.2 Å². The van der Waals surface area contributed by atoms with Gasteiger partial charge in [0.1, 0.15) is 0 Å². The topological polar surface area (TPSA) is 50.8 Å². The van der Waals surface area contributed by atoms with Gasteiger partial charge in [-0.3, -0.25) is 4.79 Å². The van der Waals surface area contributed by atoms with Gasteiger partial charge in [0.25, 0.3) is 0 Å². The van der Waals surface area contributed by atoms with Crippen LogP contribution in [0, 0.1) is 5.92 Å².